The first-order chi connectivity index (χ1) is 15.2. The zero-order chi connectivity index (χ0) is 21.0. The van der Waals surface area contributed by atoms with Gasteiger partial charge < -0.3 is 5.32 Å². The van der Waals surface area contributed by atoms with Crippen LogP contribution in [0.4, 0.5) is 5.69 Å². The number of fused-ring (bicyclic) bond motifs is 4. The topological polar surface area (TPSA) is 49.4 Å². The van der Waals surface area contributed by atoms with Crippen LogP contribution in [-0.4, -0.2) is 34.3 Å². The Hall–Kier alpha value is -2.19. The van der Waals surface area contributed by atoms with Crippen molar-refractivity contribution >= 4 is 57.9 Å². The quantitative estimate of drug-likeness (QED) is 0.551. The Morgan fingerprint density at radius 3 is 2.74 bits per heavy atom. The van der Waals surface area contributed by atoms with E-state index in [0.29, 0.717) is 0 Å². The second-order valence-corrected chi connectivity index (χ2v) is 11.0. The number of thioether (sulfide) groups is 1. The highest BCUT2D eigenvalue weighted by Gasteiger charge is 2.69. The number of hydrogen-bond acceptors (Lipinski definition) is 6. The second-order valence-electron chi connectivity index (χ2n) is 8.07. The number of ketones is 1. The van der Waals surface area contributed by atoms with E-state index in [1.807, 2.05) is 65.7 Å². The van der Waals surface area contributed by atoms with Crippen molar-refractivity contribution in [2.75, 3.05) is 16.9 Å². The number of anilines is 1. The maximum absolute atomic E-state index is 13.9. The normalized spacial score (nSPS) is 29.5. The summed E-state index contributed by atoms with van der Waals surface area (Å²) >= 11 is 5.15. The van der Waals surface area contributed by atoms with E-state index in [4.69, 9.17) is 0 Å². The van der Waals surface area contributed by atoms with Crippen molar-refractivity contribution in [3.63, 3.8) is 0 Å². The third-order valence-electron chi connectivity index (χ3n) is 6.66. The molecule has 0 bridgehead atoms. The molecule has 2 saturated heterocycles. The van der Waals surface area contributed by atoms with E-state index in [1.165, 1.54) is 4.88 Å². The van der Waals surface area contributed by atoms with Gasteiger partial charge in [0.05, 0.1) is 5.92 Å². The van der Waals surface area contributed by atoms with E-state index in [9.17, 15) is 9.59 Å². The number of nitrogens with one attached hydrogen (secondary N) is 1. The molecule has 2 aromatic heterocycles. The molecule has 0 radical (unpaired) electrons. The van der Waals surface area contributed by atoms with Gasteiger partial charge in [0, 0.05) is 44.6 Å². The van der Waals surface area contributed by atoms with Crippen molar-refractivity contribution in [2.24, 2.45) is 5.92 Å². The van der Waals surface area contributed by atoms with Gasteiger partial charge >= 0.3 is 0 Å². The fourth-order valence-electron chi connectivity index (χ4n) is 5.51. The molecule has 3 aliphatic rings. The molecule has 5 heterocycles. The molecule has 1 aromatic carbocycles. The summed E-state index contributed by atoms with van der Waals surface area (Å²) in [6.07, 6.45) is 3.59. The first-order valence-corrected chi connectivity index (χ1v) is 13.2. The number of benzene rings is 1. The molecule has 0 aliphatic carbocycles. The largest absolute Gasteiger partial charge is 0.324 e. The zero-order valence-corrected chi connectivity index (χ0v) is 19.0. The average Bonchev–Trinajstić information content (AvgIpc) is 3.58. The van der Waals surface area contributed by atoms with Gasteiger partial charge in [-0.1, -0.05) is 30.3 Å². The van der Waals surface area contributed by atoms with Crippen molar-refractivity contribution in [1.82, 2.24) is 4.90 Å². The Morgan fingerprint density at radius 2 is 1.94 bits per heavy atom. The van der Waals surface area contributed by atoms with Gasteiger partial charge in [-0.2, -0.15) is 0 Å². The predicted molar refractivity (Wildman–Crippen MR) is 129 cm³/mol. The van der Waals surface area contributed by atoms with E-state index in [-0.39, 0.29) is 23.7 Å². The summed E-state index contributed by atoms with van der Waals surface area (Å²) in [6, 6.07) is 16.2. The highest BCUT2D eigenvalue weighted by atomic mass is 32.2. The van der Waals surface area contributed by atoms with Gasteiger partial charge in [-0.15, -0.1) is 34.4 Å². The van der Waals surface area contributed by atoms with E-state index in [1.54, 1.807) is 28.7 Å². The number of thiophene rings is 2. The Bertz CT molecular complexity index is 1170. The van der Waals surface area contributed by atoms with Gasteiger partial charge in [-0.25, -0.2) is 0 Å². The standard InChI is InChI=1S/C24H20N2O2S3/c27-19(10-9-15-5-3-11-30-15)22-21(20-8-4-12-31-20)18-13-29-14-26(18)24(22)16-6-1-2-7-17(16)25-23(24)28/h1-12,18,21-22H,13-14H2,(H,25,28)/b10-9+/t18-,21+,22+,24+/m1/s1. The highest BCUT2D eigenvalue weighted by molar-refractivity contribution is 7.99. The first-order valence-electron chi connectivity index (χ1n) is 10.3. The number of nitrogens with zero attached hydrogens (tertiary/aromatic N) is 1. The zero-order valence-electron chi connectivity index (χ0n) is 16.6. The molecule has 1 amide bonds. The Labute approximate surface area is 193 Å². The lowest BCUT2D eigenvalue weighted by Gasteiger charge is -2.36. The molecule has 4 nitrogen and oxygen atoms in total. The van der Waals surface area contributed by atoms with E-state index in [0.717, 1.165) is 27.8 Å². The fourth-order valence-corrected chi connectivity index (χ4v) is 8.37. The minimum absolute atomic E-state index is 0.00704. The molecule has 0 saturated carbocycles. The van der Waals surface area contributed by atoms with Gasteiger partial charge in [0.25, 0.3) is 0 Å². The third kappa shape index (κ3) is 2.77. The van der Waals surface area contributed by atoms with Crippen LogP contribution in [0.1, 0.15) is 21.2 Å². The molecule has 3 aliphatic heterocycles. The maximum Gasteiger partial charge on any atom is 0.250 e. The summed E-state index contributed by atoms with van der Waals surface area (Å²) in [5.74, 6) is 1.18. The van der Waals surface area contributed by atoms with Gasteiger partial charge in [0.1, 0.15) is 5.54 Å². The summed E-state index contributed by atoms with van der Waals surface area (Å²) < 4.78 is 0. The smallest absolute Gasteiger partial charge is 0.250 e. The molecule has 7 heteroatoms. The van der Waals surface area contributed by atoms with Crippen LogP contribution in [0.5, 0.6) is 0 Å². The van der Waals surface area contributed by atoms with Crippen molar-refractivity contribution in [1.29, 1.82) is 0 Å². The van der Waals surface area contributed by atoms with Crippen molar-refractivity contribution in [3.05, 3.63) is 80.7 Å². The summed E-state index contributed by atoms with van der Waals surface area (Å²) in [5, 5.41) is 7.17. The van der Waals surface area contributed by atoms with Crippen LogP contribution in [0.2, 0.25) is 0 Å². The number of allylic oxidation sites excluding steroid dienone is 1. The summed E-state index contributed by atoms with van der Waals surface area (Å²) in [4.78, 5) is 32.2. The van der Waals surface area contributed by atoms with Gasteiger partial charge in [-0.3, -0.25) is 14.5 Å². The van der Waals surface area contributed by atoms with E-state index < -0.39 is 11.5 Å². The SMILES string of the molecule is O=C(/C=C/c1cccs1)[C@H]1[C@H](c2cccs2)[C@H]2CSCN2[C@]12C(=O)Nc1ccccc12. The van der Waals surface area contributed by atoms with Crippen molar-refractivity contribution in [3.8, 4) is 0 Å². The van der Waals surface area contributed by atoms with Crippen LogP contribution in [0.25, 0.3) is 6.08 Å². The minimum atomic E-state index is -0.962. The van der Waals surface area contributed by atoms with Crippen LogP contribution in [-0.2, 0) is 15.1 Å². The van der Waals surface area contributed by atoms with Crippen LogP contribution in [0, 0.1) is 5.92 Å². The number of carbonyl (C=O) groups is 2. The molecule has 0 unspecified atom stereocenters. The molecular formula is C24H20N2O2S3. The Balaban J connectivity index is 1.55. The van der Waals surface area contributed by atoms with Crippen LogP contribution in [0.15, 0.2) is 65.4 Å². The van der Waals surface area contributed by atoms with Crippen LogP contribution < -0.4 is 5.32 Å². The van der Waals surface area contributed by atoms with E-state index in [2.05, 4.69) is 21.7 Å². The maximum atomic E-state index is 13.9. The van der Waals surface area contributed by atoms with Gasteiger partial charge in [-0.05, 0) is 41.1 Å². The van der Waals surface area contributed by atoms with Gasteiger partial charge in [0.2, 0.25) is 5.91 Å². The predicted octanol–water partition coefficient (Wildman–Crippen LogP) is 5.03. The lowest BCUT2D eigenvalue weighted by molar-refractivity contribution is -0.134. The third-order valence-corrected chi connectivity index (χ3v) is 9.51. The van der Waals surface area contributed by atoms with Crippen molar-refractivity contribution < 1.29 is 9.59 Å². The fraction of sp³-hybridized carbons (Fsp3) is 0.250. The number of hydrogen-bond donors (Lipinski definition) is 1. The second kappa shape index (κ2) is 7.45. The summed E-state index contributed by atoms with van der Waals surface area (Å²) in [7, 11) is 0. The summed E-state index contributed by atoms with van der Waals surface area (Å²) in [6.45, 7) is 0. The molecule has 156 valence electrons. The molecule has 3 aromatic rings. The first kappa shape index (κ1) is 19.5. The number of rotatable bonds is 4. The molecule has 31 heavy (non-hydrogen) atoms. The average molecular weight is 465 g/mol. The van der Waals surface area contributed by atoms with Crippen molar-refractivity contribution in [2.45, 2.75) is 17.5 Å². The molecule has 1 N–H and O–H groups in total. The number of amides is 1. The molecule has 2 fully saturated rings. The Morgan fingerprint density at radius 1 is 1.10 bits per heavy atom. The van der Waals surface area contributed by atoms with Gasteiger partial charge in [0.15, 0.2) is 5.78 Å². The number of carbonyl (C=O) groups excluding carboxylic acids is 2. The lowest BCUT2D eigenvalue weighted by Crippen LogP contribution is -2.52. The Kier molecular flexibility index (Phi) is 4.68. The highest BCUT2D eigenvalue weighted by Crippen LogP contribution is 2.61. The number of para-hydroxylation sites is 1. The lowest BCUT2D eigenvalue weighted by atomic mass is 9.72. The monoisotopic (exact) mass is 464 g/mol. The van der Waals surface area contributed by atoms with Crippen LogP contribution >= 0.6 is 34.4 Å². The minimum Gasteiger partial charge on any atom is -0.324 e. The molecule has 1 spiro atoms. The van der Waals surface area contributed by atoms with E-state index >= 15 is 0 Å². The molecular weight excluding hydrogens is 444 g/mol. The van der Waals surface area contributed by atoms with Crippen LogP contribution in [0.3, 0.4) is 0 Å². The molecule has 4 atom stereocenters. The molecule has 6 rings (SSSR count). The summed E-state index contributed by atoms with van der Waals surface area (Å²) in [5.41, 5.74) is 0.806.